The predicted molar refractivity (Wildman–Crippen MR) is 82.3 cm³/mol. The van der Waals surface area contributed by atoms with Crippen LogP contribution in [0, 0.1) is 0 Å². The Labute approximate surface area is 128 Å². The zero-order valence-corrected chi connectivity index (χ0v) is 13.6. The first-order chi connectivity index (χ1) is 9.63. The Morgan fingerprint density at radius 2 is 2.15 bits per heavy atom. The molecule has 1 aliphatic heterocycles. The quantitative estimate of drug-likeness (QED) is 0.861. The average Bonchev–Trinajstić information content (AvgIpc) is 2.83. The summed E-state index contributed by atoms with van der Waals surface area (Å²) in [6.07, 6.45) is 2.64. The molecule has 1 saturated heterocycles. The van der Waals surface area contributed by atoms with Crippen LogP contribution in [-0.4, -0.2) is 25.4 Å². The van der Waals surface area contributed by atoms with Crippen molar-refractivity contribution in [2.24, 2.45) is 5.73 Å². The van der Waals surface area contributed by atoms with Crippen molar-refractivity contribution >= 4 is 15.9 Å². The van der Waals surface area contributed by atoms with E-state index >= 15 is 0 Å². The van der Waals surface area contributed by atoms with Gasteiger partial charge >= 0.3 is 0 Å². The Hall–Kier alpha value is -0.780. The Kier molecular flexibility index (Phi) is 5.69. The smallest absolute Gasteiger partial charge is 0.175 e. The number of rotatable bonds is 6. The maximum Gasteiger partial charge on any atom is 0.175 e. The summed E-state index contributed by atoms with van der Waals surface area (Å²) in [6.45, 7) is 5.66. The van der Waals surface area contributed by atoms with Gasteiger partial charge in [0, 0.05) is 6.54 Å². The van der Waals surface area contributed by atoms with E-state index in [2.05, 4.69) is 22.9 Å². The van der Waals surface area contributed by atoms with Crippen molar-refractivity contribution < 1.29 is 14.2 Å². The fraction of sp³-hybridized carbons (Fsp3) is 0.600. The molecule has 2 rings (SSSR count). The lowest BCUT2D eigenvalue weighted by Gasteiger charge is -2.17. The molecule has 1 aliphatic rings. The minimum absolute atomic E-state index is 0.167. The summed E-state index contributed by atoms with van der Waals surface area (Å²) in [7, 11) is 0. The van der Waals surface area contributed by atoms with Gasteiger partial charge in [0.15, 0.2) is 11.5 Å². The first-order valence-electron chi connectivity index (χ1n) is 7.07. The highest BCUT2D eigenvalue weighted by molar-refractivity contribution is 9.10. The highest BCUT2D eigenvalue weighted by Crippen LogP contribution is 2.37. The molecule has 5 heteroatoms. The van der Waals surface area contributed by atoms with Crippen molar-refractivity contribution in [1.82, 2.24) is 0 Å². The molecule has 0 aliphatic carbocycles. The zero-order chi connectivity index (χ0) is 14.5. The van der Waals surface area contributed by atoms with Gasteiger partial charge in [-0.2, -0.15) is 0 Å². The van der Waals surface area contributed by atoms with Gasteiger partial charge in [-0.25, -0.2) is 0 Å². The Bertz CT molecular complexity index is 453. The fourth-order valence-corrected chi connectivity index (χ4v) is 2.93. The van der Waals surface area contributed by atoms with Crippen LogP contribution < -0.4 is 15.2 Å². The largest absolute Gasteiger partial charge is 0.490 e. The predicted octanol–water partition coefficient (Wildman–Crippen LogP) is 3.25. The minimum atomic E-state index is 0.167. The molecule has 0 amide bonds. The molecule has 0 saturated carbocycles. The molecular formula is C15H22BrNO3. The molecule has 2 unspecified atom stereocenters. The summed E-state index contributed by atoms with van der Waals surface area (Å²) in [5.41, 5.74) is 6.70. The number of ether oxygens (including phenoxy) is 3. The van der Waals surface area contributed by atoms with Gasteiger partial charge in [-0.05, 0) is 60.3 Å². The maximum absolute atomic E-state index is 5.91. The molecule has 2 N–H and O–H groups in total. The minimum Gasteiger partial charge on any atom is -0.490 e. The lowest BCUT2D eigenvalue weighted by atomic mass is 10.2. The van der Waals surface area contributed by atoms with Gasteiger partial charge < -0.3 is 19.9 Å². The highest BCUT2D eigenvalue weighted by Gasteiger charge is 2.23. The molecule has 1 heterocycles. The summed E-state index contributed by atoms with van der Waals surface area (Å²) in [5, 5.41) is 0. The third-order valence-electron chi connectivity index (χ3n) is 3.34. The third kappa shape index (κ3) is 3.87. The molecular weight excluding hydrogens is 322 g/mol. The van der Waals surface area contributed by atoms with Crippen LogP contribution in [0.2, 0.25) is 0 Å². The van der Waals surface area contributed by atoms with Gasteiger partial charge in [0.1, 0.15) is 6.61 Å². The van der Waals surface area contributed by atoms with Crippen LogP contribution in [0.4, 0.5) is 0 Å². The van der Waals surface area contributed by atoms with Crippen LogP contribution in [0.3, 0.4) is 0 Å². The van der Waals surface area contributed by atoms with Crippen molar-refractivity contribution in [3.05, 3.63) is 22.2 Å². The van der Waals surface area contributed by atoms with Crippen LogP contribution in [0.25, 0.3) is 0 Å². The van der Waals surface area contributed by atoms with Crippen molar-refractivity contribution in [2.75, 3.05) is 13.2 Å². The van der Waals surface area contributed by atoms with Gasteiger partial charge in [0.05, 0.1) is 23.3 Å². The number of hydrogen-bond acceptors (Lipinski definition) is 4. The first kappa shape index (κ1) is 15.6. The Balaban J connectivity index is 2.08. The van der Waals surface area contributed by atoms with Gasteiger partial charge in [0.25, 0.3) is 0 Å². The number of halogens is 1. The van der Waals surface area contributed by atoms with Crippen LogP contribution in [0.5, 0.6) is 11.5 Å². The third-order valence-corrected chi connectivity index (χ3v) is 3.93. The number of nitrogens with two attached hydrogens (primary N) is 1. The molecule has 0 aromatic heterocycles. The van der Waals surface area contributed by atoms with E-state index < -0.39 is 0 Å². The summed E-state index contributed by atoms with van der Waals surface area (Å²) < 4.78 is 18.2. The summed E-state index contributed by atoms with van der Waals surface area (Å²) in [5.74, 6) is 1.46. The van der Waals surface area contributed by atoms with E-state index in [4.69, 9.17) is 19.9 Å². The van der Waals surface area contributed by atoms with Crippen LogP contribution in [-0.2, 0) is 11.3 Å². The summed E-state index contributed by atoms with van der Waals surface area (Å²) in [6, 6.07) is 3.90. The lowest BCUT2D eigenvalue weighted by Crippen LogP contribution is -2.18. The summed E-state index contributed by atoms with van der Waals surface area (Å²) >= 11 is 3.53. The topological polar surface area (TPSA) is 53.7 Å². The number of hydrogen-bond donors (Lipinski definition) is 1. The molecule has 1 aromatic carbocycles. The van der Waals surface area contributed by atoms with E-state index in [1.807, 2.05) is 19.1 Å². The maximum atomic E-state index is 5.91. The van der Waals surface area contributed by atoms with E-state index in [-0.39, 0.29) is 6.10 Å². The van der Waals surface area contributed by atoms with Crippen LogP contribution in [0.1, 0.15) is 32.3 Å². The van der Waals surface area contributed by atoms with Gasteiger partial charge in [-0.1, -0.05) is 0 Å². The fourth-order valence-electron chi connectivity index (χ4n) is 2.33. The van der Waals surface area contributed by atoms with Gasteiger partial charge in [0.2, 0.25) is 0 Å². The van der Waals surface area contributed by atoms with Crippen molar-refractivity contribution in [3.63, 3.8) is 0 Å². The standard InChI is InChI=1S/C15H22BrNO3/c1-3-18-14-7-11(8-17)6-13(16)15(14)19-9-12-5-4-10(2)20-12/h6-7,10,12H,3-5,8-9,17H2,1-2H3. The van der Waals surface area contributed by atoms with Gasteiger partial charge in [-0.15, -0.1) is 0 Å². The van der Waals surface area contributed by atoms with Crippen LogP contribution >= 0.6 is 15.9 Å². The van der Waals surface area contributed by atoms with E-state index in [1.54, 1.807) is 0 Å². The molecule has 0 spiro atoms. The molecule has 1 fully saturated rings. The molecule has 20 heavy (non-hydrogen) atoms. The molecule has 112 valence electrons. The lowest BCUT2D eigenvalue weighted by molar-refractivity contribution is 0.0256. The Morgan fingerprint density at radius 3 is 2.75 bits per heavy atom. The molecule has 0 bridgehead atoms. The first-order valence-corrected chi connectivity index (χ1v) is 7.86. The second kappa shape index (κ2) is 7.29. The van der Waals surface area contributed by atoms with Crippen molar-refractivity contribution in [2.45, 2.75) is 45.4 Å². The number of benzene rings is 1. The van der Waals surface area contributed by atoms with Crippen molar-refractivity contribution in [3.8, 4) is 11.5 Å². The van der Waals surface area contributed by atoms with E-state index in [0.717, 1.165) is 34.4 Å². The molecule has 4 nitrogen and oxygen atoms in total. The average molecular weight is 344 g/mol. The monoisotopic (exact) mass is 343 g/mol. The van der Waals surface area contributed by atoms with E-state index in [1.165, 1.54) is 0 Å². The second-order valence-corrected chi connectivity index (χ2v) is 5.85. The van der Waals surface area contributed by atoms with E-state index in [9.17, 15) is 0 Å². The summed E-state index contributed by atoms with van der Waals surface area (Å²) in [4.78, 5) is 0. The second-order valence-electron chi connectivity index (χ2n) is 5.00. The zero-order valence-electron chi connectivity index (χ0n) is 12.0. The molecule has 1 aromatic rings. The Morgan fingerprint density at radius 1 is 1.35 bits per heavy atom. The van der Waals surface area contributed by atoms with Gasteiger partial charge in [-0.3, -0.25) is 0 Å². The highest BCUT2D eigenvalue weighted by atomic mass is 79.9. The normalized spacial score (nSPS) is 22.0. The van der Waals surface area contributed by atoms with Crippen molar-refractivity contribution in [1.29, 1.82) is 0 Å². The SMILES string of the molecule is CCOc1cc(CN)cc(Br)c1OCC1CCC(C)O1. The van der Waals surface area contributed by atoms with Crippen LogP contribution in [0.15, 0.2) is 16.6 Å². The van der Waals surface area contributed by atoms with E-state index in [0.29, 0.717) is 25.9 Å². The molecule has 2 atom stereocenters. The molecule has 0 radical (unpaired) electrons.